The maximum absolute atomic E-state index is 6.89. The summed E-state index contributed by atoms with van der Waals surface area (Å²) in [6.45, 7) is 2.27. The number of para-hydroxylation sites is 1. The molecule has 1 aliphatic heterocycles. The first-order chi connectivity index (χ1) is 17.3. The SMILES string of the molecule is CC[C@@H]1CCc2ccccc2N1p1oc2ccc3ccccc3c2c2c(ccc3ccccc32)o1. The zero-order chi connectivity index (χ0) is 23.4. The highest BCUT2D eigenvalue weighted by atomic mass is 31.1. The largest absolute Gasteiger partial charge is 0.404 e. The molecule has 0 unspecified atom stereocenters. The van der Waals surface area contributed by atoms with Crippen LogP contribution in [0.15, 0.2) is 105 Å². The monoisotopic (exact) mass is 475 g/mol. The Morgan fingerprint density at radius 1 is 0.714 bits per heavy atom. The Balaban J connectivity index is 1.67. The van der Waals surface area contributed by atoms with Crippen LogP contribution in [0, 0.1) is 0 Å². The Hall–Kier alpha value is -3.68. The number of anilines is 1. The summed E-state index contributed by atoms with van der Waals surface area (Å²) in [4.78, 5) is 0. The van der Waals surface area contributed by atoms with Crippen LogP contribution in [0.5, 0.6) is 0 Å². The highest BCUT2D eigenvalue weighted by Crippen LogP contribution is 2.48. The molecule has 172 valence electrons. The van der Waals surface area contributed by atoms with E-state index < -0.39 is 8.16 Å². The third-order valence-corrected chi connectivity index (χ3v) is 8.96. The molecule has 7 rings (SSSR count). The Kier molecular flexibility index (Phi) is 4.85. The fourth-order valence-corrected chi connectivity index (χ4v) is 7.40. The normalized spacial score (nSPS) is 15.7. The predicted molar refractivity (Wildman–Crippen MR) is 148 cm³/mol. The van der Waals surface area contributed by atoms with Gasteiger partial charge in [-0.2, -0.15) is 0 Å². The molecule has 1 aromatic heterocycles. The molecule has 0 fully saturated rings. The minimum atomic E-state index is -1.40. The molecule has 6 aromatic rings. The van der Waals surface area contributed by atoms with Crippen LogP contribution >= 0.6 is 8.16 Å². The smallest absolute Gasteiger partial charge is 0.341 e. The van der Waals surface area contributed by atoms with Crippen molar-refractivity contribution < 1.29 is 8.39 Å². The van der Waals surface area contributed by atoms with E-state index in [0.717, 1.165) is 41.2 Å². The highest BCUT2D eigenvalue weighted by Gasteiger charge is 2.30. The number of rotatable bonds is 2. The average Bonchev–Trinajstić information content (AvgIpc) is 3.09. The standard InChI is InChI=1S/C31H26NO2P/c1-2-24-18-15-23-11-5-8-14-27(23)32(24)35-33-28-19-16-21-9-3-6-12-25(21)30(28)31-26-13-7-4-10-22(26)17-20-29(31)34-35/h3-14,16-17,19-20,24H,2,15,18H2,1H3/t24-/m1/s1. The molecule has 0 radical (unpaired) electrons. The maximum atomic E-state index is 6.89. The van der Waals surface area contributed by atoms with Gasteiger partial charge in [-0.3, -0.25) is 4.67 Å². The van der Waals surface area contributed by atoms with Crippen molar-refractivity contribution in [1.29, 1.82) is 0 Å². The number of hydrogen-bond acceptors (Lipinski definition) is 3. The van der Waals surface area contributed by atoms with E-state index >= 15 is 0 Å². The number of fused-ring (bicyclic) bond motifs is 8. The molecule has 2 heterocycles. The van der Waals surface area contributed by atoms with E-state index in [4.69, 9.17) is 8.39 Å². The highest BCUT2D eigenvalue weighted by molar-refractivity contribution is 7.39. The van der Waals surface area contributed by atoms with Crippen molar-refractivity contribution >= 4 is 57.3 Å². The molecular weight excluding hydrogens is 449 g/mol. The lowest BCUT2D eigenvalue weighted by atomic mass is 9.97. The molecule has 0 saturated heterocycles. The molecule has 0 aliphatic carbocycles. The molecule has 0 amide bonds. The summed E-state index contributed by atoms with van der Waals surface area (Å²) in [5, 5.41) is 7.03. The Labute approximate surface area is 205 Å². The van der Waals surface area contributed by atoms with Crippen molar-refractivity contribution in [3.8, 4) is 0 Å². The first-order valence-corrected chi connectivity index (χ1v) is 13.5. The lowest BCUT2D eigenvalue weighted by Crippen LogP contribution is -2.32. The van der Waals surface area contributed by atoms with Gasteiger partial charge in [0.05, 0.1) is 5.69 Å². The van der Waals surface area contributed by atoms with Gasteiger partial charge < -0.3 is 8.39 Å². The zero-order valence-corrected chi connectivity index (χ0v) is 20.5. The third kappa shape index (κ3) is 3.26. The van der Waals surface area contributed by atoms with E-state index in [1.165, 1.54) is 32.8 Å². The topological polar surface area (TPSA) is 29.5 Å². The summed E-state index contributed by atoms with van der Waals surface area (Å²) in [7, 11) is -1.40. The first kappa shape index (κ1) is 20.7. The van der Waals surface area contributed by atoms with E-state index in [-0.39, 0.29) is 0 Å². The van der Waals surface area contributed by atoms with E-state index in [9.17, 15) is 0 Å². The van der Waals surface area contributed by atoms with Crippen LogP contribution in [0.2, 0.25) is 0 Å². The lowest BCUT2D eigenvalue weighted by molar-refractivity contribution is 0.548. The predicted octanol–water partition coefficient (Wildman–Crippen LogP) is 9.59. The van der Waals surface area contributed by atoms with Crippen molar-refractivity contribution in [3.63, 3.8) is 0 Å². The molecular formula is C31H26NO2P. The number of nitrogens with zero attached hydrogens (tertiary/aromatic N) is 1. The molecule has 4 heteroatoms. The van der Waals surface area contributed by atoms with E-state index in [1.54, 1.807) is 0 Å². The van der Waals surface area contributed by atoms with Crippen molar-refractivity contribution in [3.05, 3.63) is 103 Å². The molecule has 5 aromatic carbocycles. The zero-order valence-electron chi connectivity index (χ0n) is 19.6. The van der Waals surface area contributed by atoms with Gasteiger partial charge in [0.1, 0.15) is 11.2 Å². The molecule has 35 heavy (non-hydrogen) atoms. The number of aryl methyl sites for hydroxylation is 1. The van der Waals surface area contributed by atoms with Gasteiger partial charge in [0.15, 0.2) is 0 Å². The average molecular weight is 476 g/mol. The van der Waals surface area contributed by atoms with Crippen LogP contribution < -0.4 is 4.67 Å². The second-order valence-corrected chi connectivity index (χ2v) is 10.6. The van der Waals surface area contributed by atoms with Crippen molar-refractivity contribution in [2.75, 3.05) is 4.67 Å². The van der Waals surface area contributed by atoms with Gasteiger partial charge in [0.25, 0.3) is 0 Å². The van der Waals surface area contributed by atoms with Crippen LogP contribution in [0.1, 0.15) is 25.3 Å². The first-order valence-electron chi connectivity index (χ1n) is 12.4. The minimum absolute atomic E-state index is 0.377. The second-order valence-electron chi connectivity index (χ2n) is 9.31. The van der Waals surface area contributed by atoms with E-state index in [2.05, 4.69) is 109 Å². The van der Waals surface area contributed by atoms with Gasteiger partial charge in [0, 0.05) is 16.8 Å². The van der Waals surface area contributed by atoms with Gasteiger partial charge in [0.2, 0.25) is 0 Å². The van der Waals surface area contributed by atoms with Crippen LogP contribution in [0.4, 0.5) is 5.69 Å². The number of hydrogen-bond donors (Lipinski definition) is 0. The summed E-state index contributed by atoms with van der Waals surface area (Å²) < 4.78 is 16.2. The molecule has 0 saturated carbocycles. The second kappa shape index (κ2) is 8.22. The van der Waals surface area contributed by atoms with Gasteiger partial charge in [-0.25, -0.2) is 0 Å². The summed E-state index contributed by atoms with van der Waals surface area (Å²) in [5.41, 5.74) is 4.39. The Morgan fingerprint density at radius 3 is 1.91 bits per heavy atom. The van der Waals surface area contributed by atoms with Crippen molar-refractivity contribution in [2.45, 2.75) is 32.2 Å². The Morgan fingerprint density at radius 2 is 1.29 bits per heavy atom. The van der Waals surface area contributed by atoms with Crippen molar-refractivity contribution in [1.82, 2.24) is 0 Å². The minimum Gasteiger partial charge on any atom is -0.404 e. The quantitative estimate of drug-likeness (QED) is 0.250. The molecule has 0 N–H and O–H groups in total. The van der Waals surface area contributed by atoms with E-state index in [0.29, 0.717) is 6.04 Å². The summed E-state index contributed by atoms with van der Waals surface area (Å²) in [6, 6.07) is 34.8. The van der Waals surface area contributed by atoms with E-state index in [1.807, 2.05) is 0 Å². The number of benzene rings is 5. The fourth-order valence-electron chi connectivity index (χ4n) is 5.63. The Bertz CT molecular complexity index is 1670. The van der Waals surface area contributed by atoms with Gasteiger partial charge >= 0.3 is 8.16 Å². The molecule has 0 spiro atoms. The summed E-state index contributed by atoms with van der Waals surface area (Å²) >= 11 is 0. The molecule has 1 atom stereocenters. The van der Waals surface area contributed by atoms with Crippen LogP contribution in [0.25, 0.3) is 43.5 Å². The van der Waals surface area contributed by atoms with Crippen LogP contribution in [-0.4, -0.2) is 6.04 Å². The molecule has 1 aliphatic rings. The van der Waals surface area contributed by atoms with Crippen LogP contribution in [-0.2, 0) is 6.42 Å². The van der Waals surface area contributed by atoms with Gasteiger partial charge in [-0.1, -0.05) is 85.8 Å². The van der Waals surface area contributed by atoms with Crippen molar-refractivity contribution in [2.24, 2.45) is 0 Å². The summed E-state index contributed by atoms with van der Waals surface area (Å²) in [5.74, 6) is 0. The van der Waals surface area contributed by atoms with Gasteiger partial charge in [-0.15, -0.1) is 0 Å². The summed E-state index contributed by atoms with van der Waals surface area (Å²) in [6.07, 6.45) is 3.25. The van der Waals surface area contributed by atoms with Crippen LogP contribution in [0.3, 0.4) is 0 Å². The molecule has 0 bridgehead atoms. The fraction of sp³-hybridized carbons (Fsp3) is 0.161. The molecule has 3 nitrogen and oxygen atoms in total. The maximum Gasteiger partial charge on any atom is 0.341 e. The lowest BCUT2D eigenvalue weighted by Gasteiger charge is -2.35. The van der Waals surface area contributed by atoms with Gasteiger partial charge in [-0.05, 0) is 64.6 Å². The third-order valence-electron chi connectivity index (χ3n) is 7.36.